The highest BCUT2D eigenvalue weighted by molar-refractivity contribution is 6.05. The lowest BCUT2D eigenvalue weighted by Gasteiger charge is -2.13. The van der Waals surface area contributed by atoms with E-state index >= 15 is 0 Å². The fourth-order valence-corrected chi connectivity index (χ4v) is 5.24. The normalized spacial score (nSPS) is 12.1. The molecule has 36 heavy (non-hydrogen) atoms. The van der Waals surface area contributed by atoms with E-state index in [1.54, 1.807) is 0 Å². The summed E-state index contributed by atoms with van der Waals surface area (Å²) in [5.74, 6) is 0. The molecule has 0 N–H and O–H groups in total. The van der Waals surface area contributed by atoms with Crippen LogP contribution in [0.3, 0.4) is 0 Å². The van der Waals surface area contributed by atoms with Crippen molar-refractivity contribution in [1.82, 2.24) is 29.1 Å². The molecule has 7 aromatic rings. The summed E-state index contributed by atoms with van der Waals surface area (Å²) in [5, 5.41) is 4.31. The van der Waals surface area contributed by atoms with E-state index in [1.165, 1.54) is 0 Å². The number of aryl methyl sites for hydroxylation is 2. The Balaban J connectivity index is 1.79. The first kappa shape index (κ1) is 21.0. The molecule has 0 atom stereocenters. The number of fused-ring (bicyclic) bond motifs is 4. The summed E-state index contributed by atoms with van der Waals surface area (Å²) in [5.41, 5.74) is 7.16. The highest BCUT2D eigenvalue weighted by atomic mass is 15.1. The molecule has 7 rings (SSSR count). The molecule has 6 heteroatoms. The lowest BCUT2D eigenvalue weighted by molar-refractivity contribution is 0.706. The minimum Gasteiger partial charge on any atom is -0.311 e. The van der Waals surface area contributed by atoms with Gasteiger partial charge in [-0.05, 0) is 61.4 Å². The van der Waals surface area contributed by atoms with Crippen LogP contribution in [-0.4, -0.2) is 29.1 Å². The zero-order valence-corrected chi connectivity index (χ0v) is 20.4. The number of aromatic nitrogens is 6. The van der Waals surface area contributed by atoms with Crippen LogP contribution in [0.4, 0.5) is 0 Å². The smallest absolute Gasteiger partial charge is 0.134 e. The third-order valence-corrected chi connectivity index (χ3v) is 6.98. The largest absolute Gasteiger partial charge is 0.311 e. The molecule has 176 valence electrons. The molecule has 0 saturated carbocycles. The van der Waals surface area contributed by atoms with Crippen molar-refractivity contribution in [2.75, 3.05) is 0 Å². The topological polar surface area (TPSA) is 61.4 Å². The van der Waals surface area contributed by atoms with E-state index in [-0.39, 0.29) is 0 Å². The summed E-state index contributed by atoms with van der Waals surface area (Å²) in [4.78, 5) is 20.7. The Labute approximate surface area is 207 Å². The quantitative estimate of drug-likeness (QED) is 0.256. The molecule has 8 bridgehead atoms. The fourth-order valence-electron chi connectivity index (χ4n) is 5.24. The summed E-state index contributed by atoms with van der Waals surface area (Å²) < 4.78 is 4.42. The number of hydrogen-bond acceptors (Lipinski definition) is 4. The molecule has 6 nitrogen and oxygen atoms in total. The van der Waals surface area contributed by atoms with Crippen LogP contribution in [-0.2, 0) is 13.1 Å². The summed E-state index contributed by atoms with van der Waals surface area (Å²) in [6, 6.07) is 25.5. The van der Waals surface area contributed by atoms with E-state index in [4.69, 9.17) is 19.9 Å². The minimum absolute atomic E-state index is 0.814. The molecule has 2 aromatic carbocycles. The van der Waals surface area contributed by atoms with Crippen LogP contribution >= 0.6 is 0 Å². The first-order valence-electron chi connectivity index (χ1n) is 12.7. The molecular formula is C30H26N6. The lowest BCUT2D eigenvalue weighted by Crippen LogP contribution is -2.05. The first-order chi connectivity index (χ1) is 17.7. The average Bonchev–Trinajstić information content (AvgIpc) is 2.93. The van der Waals surface area contributed by atoms with Gasteiger partial charge in [0.15, 0.2) is 0 Å². The SMILES string of the molecule is CCCn1c2ccc3ccc4ccc(nc4c3n2)n(CCC)c2ccc3ccc4ccc1nc4c3n2. The van der Waals surface area contributed by atoms with Crippen LogP contribution in [0.2, 0.25) is 0 Å². The lowest BCUT2D eigenvalue weighted by atomic mass is 10.1. The van der Waals surface area contributed by atoms with Crippen LogP contribution in [0, 0.1) is 0 Å². The van der Waals surface area contributed by atoms with Crippen LogP contribution in [0.5, 0.6) is 0 Å². The summed E-state index contributed by atoms with van der Waals surface area (Å²) in [6.07, 6.45) is 1.95. The van der Waals surface area contributed by atoms with Gasteiger partial charge in [0.25, 0.3) is 0 Å². The van der Waals surface area contributed by atoms with Crippen LogP contribution in [0.25, 0.3) is 66.2 Å². The van der Waals surface area contributed by atoms with Crippen molar-refractivity contribution in [2.45, 2.75) is 39.8 Å². The van der Waals surface area contributed by atoms with Crippen molar-refractivity contribution in [3.63, 3.8) is 0 Å². The van der Waals surface area contributed by atoms with E-state index in [0.717, 1.165) is 92.1 Å². The van der Waals surface area contributed by atoms with Crippen LogP contribution < -0.4 is 0 Å². The maximum atomic E-state index is 5.18. The Morgan fingerprint density at radius 2 is 0.667 bits per heavy atom. The molecule has 0 amide bonds. The van der Waals surface area contributed by atoms with Gasteiger partial charge in [0.2, 0.25) is 0 Å². The third kappa shape index (κ3) is 3.18. The van der Waals surface area contributed by atoms with Crippen molar-refractivity contribution >= 4 is 66.2 Å². The fraction of sp³-hybridized carbons (Fsp3) is 0.200. The Morgan fingerprint density at radius 3 is 0.917 bits per heavy atom. The summed E-state index contributed by atoms with van der Waals surface area (Å²) in [7, 11) is 0. The zero-order chi connectivity index (χ0) is 24.2. The number of rotatable bonds is 4. The Hall–Kier alpha value is -4.32. The second kappa shape index (κ2) is 8.12. The van der Waals surface area contributed by atoms with Gasteiger partial charge in [0, 0.05) is 34.6 Å². The van der Waals surface area contributed by atoms with Crippen LogP contribution in [0.1, 0.15) is 26.7 Å². The van der Waals surface area contributed by atoms with E-state index in [0.29, 0.717) is 0 Å². The molecule has 5 heterocycles. The molecule has 0 aliphatic heterocycles. The summed E-state index contributed by atoms with van der Waals surface area (Å²) >= 11 is 0. The predicted molar refractivity (Wildman–Crippen MR) is 148 cm³/mol. The monoisotopic (exact) mass is 470 g/mol. The van der Waals surface area contributed by atoms with Gasteiger partial charge in [-0.3, -0.25) is 0 Å². The van der Waals surface area contributed by atoms with Crippen molar-refractivity contribution in [1.29, 1.82) is 0 Å². The molecule has 0 radical (unpaired) electrons. The molecule has 0 spiro atoms. The molecule has 0 saturated heterocycles. The number of hydrogen-bond donors (Lipinski definition) is 0. The molecular weight excluding hydrogens is 444 g/mol. The number of nitrogens with zero attached hydrogens (tertiary/aromatic N) is 6. The maximum absolute atomic E-state index is 5.18. The Bertz CT molecular complexity index is 1700. The van der Waals surface area contributed by atoms with Gasteiger partial charge in [0.05, 0.1) is 22.1 Å². The van der Waals surface area contributed by atoms with Gasteiger partial charge in [-0.25, -0.2) is 19.9 Å². The van der Waals surface area contributed by atoms with Gasteiger partial charge < -0.3 is 9.13 Å². The van der Waals surface area contributed by atoms with Crippen molar-refractivity contribution in [2.24, 2.45) is 0 Å². The van der Waals surface area contributed by atoms with Crippen molar-refractivity contribution in [3.8, 4) is 0 Å². The van der Waals surface area contributed by atoms with E-state index in [9.17, 15) is 0 Å². The first-order valence-corrected chi connectivity index (χ1v) is 12.7. The van der Waals surface area contributed by atoms with Gasteiger partial charge in [0.1, 0.15) is 22.6 Å². The third-order valence-electron chi connectivity index (χ3n) is 6.98. The van der Waals surface area contributed by atoms with E-state index in [1.807, 2.05) is 0 Å². The number of benzene rings is 2. The highest BCUT2D eigenvalue weighted by Crippen LogP contribution is 2.27. The average molecular weight is 471 g/mol. The maximum Gasteiger partial charge on any atom is 0.134 e. The highest BCUT2D eigenvalue weighted by Gasteiger charge is 2.11. The molecule has 0 aliphatic rings. The van der Waals surface area contributed by atoms with Crippen molar-refractivity contribution in [3.05, 3.63) is 72.8 Å². The van der Waals surface area contributed by atoms with E-state index in [2.05, 4.69) is 95.8 Å². The number of pyridine rings is 4. The second-order valence-electron chi connectivity index (χ2n) is 9.40. The Kier molecular flexibility index (Phi) is 4.74. The molecule has 0 unspecified atom stereocenters. The van der Waals surface area contributed by atoms with Gasteiger partial charge >= 0.3 is 0 Å². The minimum atomic E-state index is 0.814. The van der Waals surface area contributed by atoms with Gasteiger partial charge in [-0.15, -0.1) is 0 Å². The van der Waals surface area contributed by atoms with Crippen LogP contribution in [0.15, 0.2) is 72.8 Å². The molecule has 0 aliphatic carbocycles. The second-order valence-corrected chi connectivity index (χ2v) is 9.40. The molecule has 0 fully saturated rings. The molecule has 5 aromatic heterocycles. The Morgan fingerprint density at radius 1 is 0.417 bits per heavy atom. The van der Waals surface area contributed by atoms with Gasteiger partial charge in [-0.1, -0.05) is 38.1 Å². The zero-order valence-electron chi connectivity index (χ0n) is 20.4. The van der Waals surface area contributed by atoms with Crippen molar-refractivity contribution < 1.29 is 0 Å². The predicted octanol–water partition coefficient (Wildman–Crippen LogP) is 7.17. The van der Waals surface area contributed by atoms with E-state index < -0.39 is 0 Å². The summed E-state index contributed by atoms with van der Waals surface area (Å²) in [6.45, 7) is 5.99. The standard InChI is InChI=1S/C30H26N6/c1-3-17-35-23-13-9-19-5-7-21-11-15-25(33-29(21)27(19)31-23)36(18-4-2)26-16-12-22-8-6-20-10-14-24(35)32-28(20)30(22)34-26/h5-16H,3-4,17-18H2,1-2H3. The van der Waals surface area contributed by atoms with Gasteiger partial charge in [-0.2, -0.15) is 0 Å².